The van der Waals surface area contributed by atoms with Gasteiger partial charge in [0.15, 0.2) is 11.2 Å². The van der Waals surface area contributed by atoms with E-state index in [2.05, 4.69) is 9.97 Å². The Morgan fingerprint density at radius 1 is 1.32 bits per heavy atom. The zero-order valence-corrected chi connectivity index (χ0v) is 12.5. The second-order valence-electron chi connectivity index (χ2n) is 5.65. The van der Waals surface area contributed by atoms with Crippen LogP contribution in [0.4, 0.5) is 5.95 Å². The van der Waals surface area contributed by atoms with Gasteiger partial charge in [-0.25, -0.2) is 4.79 Å². The van der Waals surface area contributed by atoms with Gasteiger partial charge in [-0.3, -0.25) is 19.1 Å². The molecule has 1 amide bonds. The summed E-state index contributed by atoms with van der Waals surface area (Å²) in [4.78, 5) is 43.7. The molecule has 1 aliphatic rings. The summed E-state index contributed by atoms with van der Waals surface area (Å²) in [5.41, 5.74) is 5.08. The number of rotatable bonds is 2. The van der Waals surface area contributed by atoms with Crippen LogP contribution < -0.4 is 21.9 Å². The molecule has 0 radical (unpaired) electrons. The highest BCUT2D eigenvalue weighted by Gasteiger charge is 2.27. The Bertz CT molecular complexity index is 861. The quantitative estimate of drug-likeness (QED) is 0.712. The third-order valence-corrected chi connectivity index (χ3v) is 4.22. The molecule has 1 atom stereocenters. The number of aryl methyl sites for hydroxylation is 2. The van der Waals surface area contributed by atoms with E-state index < -0.39 is 11.2 Å². The molecule has 2 aromatic rings. The molecule has 0 aliphatic carbocycles. The molecule has 0 saturated carbocycles. The first-order valence-corrected chi connectivity index (χ1v) is 7.10. The van der Waals surface area contributed by atoms with Crippen LogP contribution in [0, 0.1) is 5.92 Å². The number of nitrogens with zero attached hydrogens (tertiary/aromatic N) is 4. The number of carbonyl (C=O) groups is 1. The van der Waals surface area contributed by atoms with E-state index in [-0.39, 0.29) is 11.8 Å². The number of aromatic nitrogens is 4. The summed E-state index contributed by atoms with van der Waals surface area (Å²) in [6, 6.07) is 0. The number of anilines is 1. The van der Waals surface area contributed by atoms with Gasteiger partial charge in [-0.1, -0.05) is 0 Å². The van der Waals surface area contributed by atoms with Crippen molar-refractivity contribution in [3.63, 3.8) is 0 Å². The second-order valence-corrected chi connectivity index (χ2v) is 5.65. The highest BCUT2D eigenvalue weighted by atomic mass is 16.2. The van der Waals surface area contributed by atoms with Crippen molar-refractivity contribution in [2.24, 2.45) is 25.7 Å². The molecule has 2 aromatic heterocycles. The van der Waals surface area contributed by atoms with E-state index in [1.807, 2.05) is 4.90 Å². The van der Waals surface area contributed by atoms with E-state index in [1.165, 1.54) is 4.57 Å². The van der Waals surface area contributed by atoms with Gasteiger partial charge in [0, 0.05) is 27.2 Å². The van der Waals surface area contributed by atoms with Gasteiger partial charge in [0.2, 0.25) is 11.9 Å². The topological polar surface area (TPSA) is 119 Å². The van der Waals surface area contributed by atoms with Gasteiger partial charge in [0.05, 0.1) is 5.92 Å². The zero-order chi connectivity index (χ0) is 16.0. The van der Waals surface area contributed by atoms with Crippen LogP contribution in [0.3, 0.4) is 0 Å². The Hall–Kier alpha value is -2.58. The number of piperidine rings is 1. The molecule has 0 unspecified atom stereocenters. The van der Waals surface area contributed by atoms with Gasteiger partial charge in [-0.05, 0) is 12.8 Å². The second kappa shape index (κ2) is 5.00. The van der Waals surface area contributed by atoms with Crippen LogP contribution in [-0.2, 0) is 18.9 Å². The van der Waals surface area contributed by atoms with Crippen molar-refractivity contribution in [3.05, 3.63) is 20.8 Å². The van der Waals surface area contributed by atoms with Gasteiger partial charge < -0.3 is 15.2 Å². The fourth-order valence-electron chi connectivity index (χ4n) is 2.97. The van der Waals surface area contributed by atoms with Crippen LogP contribution in [0.2, 0.25) is 0 Å². The van der Waals surface area contributed by atoms with E-state index in [4.69, 9.17) is 5.73 Å². The van der Waals surface area contributed by atoms with E-state index in [9.17, 15) is 14.4 Å². The van der Waals surface area contributed by atoms with Gasteiger partial charge >= 0.3 is 5.69 Å². The number of nitrogens with two attached hydrogens (primary N) is 1. The molecule has 9 nitrogen and oxygen atoms in total. The largest absolute Gasteiger partial charge is 0.369 e. The standard InChI is InChI=1S/C13H18N6O3/c1-17-8-10(18(2)13(22)16-11(8)21)15-12(17)19-5-3-4-7(6-19)9(14)20/h7H,3-6H2,1-2H3,(H2,14,20)(H,16,21,22)/t7-/m0/s1. The third kappa shape index (κ3) is 2.09. The van der Waals surface area contributed by atoms with Crippen LogP contribution in [0.1, 0.15) is 12.8 Å². The Morgan fingerprint density at radius 2 is 2.05 bits per heavy atom. The number of carbonyl (C=O) groups excluding carboxylic acids is 1. The summed E-state index contributed by atoms with van der Waals surface area (Å²) in [6.07, 6.45) is 1.58. The first kappa shape index (κ1) is 14.4. The number of primary amides is 1. The highest BCUT2D eigenvalue weighted by molar-refractivity contribution is 5.78. The molecule has 118 valence electrons. The lowest BCUT2D eigenvalue weighted by Gasteiger charge is -2.31. The van der Waals surface area contributed by atoms with Crippen molar-refractivity contribution in [2.75, 3.05) is 18.0 Å². The van der Waals surface area contributed by atoms with Crippen LogP contribution in [0.25, 0.3) is 11.2 Å². The fraction of sp³-hybridized carbons (Fsp3) is 0.538. The third-order valence-electron chi connectivity index (χ3n) is 4.22. The Balaban J connectivity index is 2.12. The number of fused-ring (bicyclic) bond motifs is 1. The molecule has 1 saturated heterocycles. The Kier molecular flexibility index (Phi) is 3.27. The van der Waals surface area contributed by atoms with Crippen molar-refractivity contribution in [1.82, 2.24) is 19.1 Å². The maximum absolute atomic E-state index is 12.0. The predicted molar refractivity (Wildman–Crippen MR) is 80.7 cm³/mol. The SMILES string of the molecule is Cn1c(N2CCC[C@H](C(N)=O)C2)nc2c1c(=O)[nH]c(=O)n2C. The van der Waals surface area contributed by atoms with E-state index in [0.29, 0.717) is 23.7 Å². The van der Waals surface area contributed by atoms with Crippen LogP contribution in [0.5, 0.6) is 0 Å². The fourth-order valence-corrected chi connectivity index (χ4v) is 2.97. The van der Waals surface area contributed by atoms with Crippen molar-refractivity contribution >= 4 is 23.0 Å². The smallest absolute Gasteiger partial charge is 0.329 e. The first-order valence-electron chi connectivity index (χ1n) is 7.10. The highest BCUT2D eigenvalue weighted by Crippen LogP contribution is 2.24. The lowest BCUT2D eigenvalue weighted by molar-refractivity contribution is -0.122. The molecule has 3 N–H and O–H groups in total. The molecule has 0 aromatic carbocycles. The number of aromatic amines is 1. The monoisotopic (exact) mass is 306 g/mol. The zero-order valence-electron chi connectivity index (χ0n) is 12.5. The Labute approximate surface area is 125 Å². The summed E-state index contributed by atoms with van der Waals surface area (Å²) in [5, 5.41) is 0. The van der Waals surface area contributed by atoms with Crippen molar-refractivity contribution in [3.8, 4) is 0 Å². The summed E-state index contributed by atoms with van der Waals surface area (Å²) < 4.78 is 2.95. The van der Waals surface area contributed by atoms with Crippen molar-refractivity contribution < 1.29 is 4.79 Å². The average Bonchev–Trinajstić information content (AvgIpc) is 2.83. The summed E-state index contributed by atoms with van der Waals surface area (Å²) in [5.74, 6) is 0.0111. The number of H-pyrrole nitrogens is 1. The molecule has 3 rings (SSSR count). The van der Waals surface area contributed by atoms with Crippen molar-refractivity contribution in [1.29, 1.82) is 0 Å². The minimum Gasteiger partial charge on any atom is -0.369 e. The first-order chi connectivity index (χ1) is 10.4. The molecule has 0 bridgehead atoms. The molecular formula is C13H18N6O3. The van der Waals surface area contributed by atoms with Crippen molar-refractivity contribution in [2.45, 2.75) is 12.8 Å². The number of nitrogens with one attached hydrogen (secondary N) is 1. The molecule has 0 spiro atoms. The molecule has 1 fully saturated rings. The van der Waals surface area contributed by atoms with Gasteiger partial charge in [-0.15, -0.1) is 0 Å². The average molecular weight is 306 g/mol. The number of hydrogen-bond acceptors (Lipinski definition) is 5. The molecular weight excluding hydrogens is 288 g/mol. The van der Waals surface area contributed by atoms with Crippen LogP contribution in [0.15, 0.2) is 9.59 Å². The van der Waals surface area contributed by atoms with E-state index >= 15 is 0 Å². The summed E-state index contributed by atoms with van der Waals surface area (Å²) >= 11 is 0. The van der Waals surface area contributed by atoms with Crippen LogP contribution in [-0.4, -0.2) is 38.1 Å². The van der Waals surface area contributed by atoms with Gasteiger partial charge in [-0.2, -0.15) is 4.98 Å². The predicted octanol–water partition coefficient (Wildman–Crippen LogP) is -1.34. The lowest BCUT2D eigenvalue weighted by Crippen LogP contribution is -2.42. The van der Waals surface area contributed by atoms with Gasteiger partial charge in [0.1, 0.15) is 0 Å². The van der Waals surface area contributed by atoms with E-state index in [1.54, 1.807) is 18.7 Å². The number of hydrogen-bond donors (Lipinski definition) is 2. The normalized spacial score (nSPS) is 18.8. The summed E-state index contributed by atoms with van der Waals surface area (Å²) in [7, 11) is 3.28. The maximum Gasteiger partial charge on any atom is 0.329 e. The molecule has 9 heteroatoms. The minimum atomic E-state index is -0.504. The minimum absolute atomic E-state index is 0.226. The lowest BCUT2D eigenvalue weighted by atomic mass is 9.98. The number of amides is 1. The van der Waals surface area contributed by atoms with Crippen LogP contribution >= 0.6 is 0 Å². The number of imidazole rings is 1. The molecule has 1 aliphatic heterocycles. The van der Waals surface area contributed by atoms with E-state index in [0.717, 1.165) is 19.4 Å². The molecule has 22 heavy (non-hydrogen) atoms. The molecule has 3 heterocycles. The Morgan fingerprint density at radius 3 is 2.73 bits per heavy atom. The summed E-state index contributed by atoms with van der Waals surface area (Å²) in [6.45, 7) is 1.20. The maximum atomic E-state index is 12.0. The van der Waals surface area contributed by atoms with Gasteiger partial charge in [0.25, 0.3) is 5.56 Å².